The topological polar surface area (TPSA) is 90.6 Å². The van der Waals surface area contributed by atoms with Crippen LogP contribution in [0.1, 0.15) is 24.4 Å². The number of anilines is 1. The molecular weight excluding hydrogens is 378 g/mol. The Balaban J connectivity index is 1.78. The van der Waals surface area contributed by atoms with Crippen molar-refractivity contribution in [2.45, 2.75) is 19.9 Å². The van der Waals surface area contributed by atoms with Crippen LogP contribution in [-0.4, -0.2) is 37.1 Å². The van der Waals surface area contributed by atoms with Gasteiger partial charge in [-0.1, -0.05) is 11.6 Å². The quantitative estimate of drug-likeness (QED) is 0.550. The number of aromatic nitrogens is 6. The van der Waals surface area contributed by atoms with E-state index in [9.17, 15) is 0 Å². The molecule has 28 heavy (non-hydrogen) atoms. The van der Waals surface area contributed by atoms with Gasteiger partial charge in [-0.05, 0) is 32.0 Å². The average Bonchev–Trinajstić information content (AvgIpc) is 3.14. The maximum Gasteiger partial charge on any atom is 0.147 e. The number of hydrogen-bond acceptors (Lipinski definition) is 7. The molecule has 0 saturated heterocycles. The van der Waals surface area contributed by atoms with Crippen LogP contribution < -0.4 is 10.1 Å². The fourth-order valence-electron chi connectivity index (χ4n) is 2.89. The molecule has 4 aromatic rings. The molecule has 0 fully saturated rings. The predicted molar refractivity (Wildman–Crippen MR) is 107 cm³/mol. The van der Waals surface area contributed by atoms with Gasteiger partial charge in [-0.2, -0.15) is 15.3 Å². The van der Waals surface area contributed by atoms with Crippen LogP contribution >= 0.6 is 11.6 Å². The van der Waals surface area contributed by atoms with Crippen LogP contribution in [0.4, 0.5) is 5.82 Å². The first kappa shape index (κ1) is 18.1. The Bertz CT molecular complexity index is 1130. The molecule has 0 radical (unpaired) electrons. The van der Waals surface area contributed by atoms with Gasteiger partial charge in [0, 0.05) is 17.6 Å². The smallest absolute Gasteiger partial charge is 0.147 e. The van der Waals surface area contributed by atoms with Gasteiger partial charge in [0.25, 0.3) is 0 Å². The van der Waals surface area contributed by atoms with E-state index in [0.717, 1.165) is 22.5 Å². The van der Waals surface area contributed by atoms with Gasteiger partial charge in [-0.25, -0.2) is 14.6 Å². The minimum absolute atomic E-state index is 0.0972. The zero-order valence-electron chi connectivity index (χ0n) is 15.6. The zero-order chi connectivity index (χ0) is 19.7. The molecule has 0 bridgehead atoms. The van der Waals surface area contributed by atoms with E-state index in [0.29, 0.717) is 22.1 Å². The average molecular weight is 396 g/mol. The normalized spacial score (nSPS) is 12.1. The van der Waals surface area contributed by atoms with Crippen molar-refractivity contribution in [2.75, 3.05) is 12.4 Å². The van der Waals surface area contributed by atoms with Crippen molar-refractivity contribution in [3.05, 3.63) is 59.4 Å². The van der Waals surface area contributed by atoms with Crippen LogP contribution in [0.5, 0.6) is 5.75 Å². The van der Waals surface area contributed by atoms with Gasteiger partial charge in [0.2, 0.25) is 0 Å². The van der Waals surface area contributed by atoms with Gasteiger partial charge in [-0.3, -0.25) is 0 Å². The summed E-state index contributed by atoms with van der Waals surface area (Å²) in [7, 11) is 1.61. The van der Waals surface area contributed by atoms with Crippen molar-refractivity contribution >= 4 is 28.3 Å². The summed E-state index contributed by atoms with van der Waals surface area (Å²) in [4.78, 5) is 8.81. The molecule has 0 aliphatic rings. The van der Waals surface area contributed by atoms with Gasteiger partial charge in [0.05, 0.1) is 41.4 Å². The first-order chi connectivity index (χ1) is 13.5. The molecule has 9 heteroatoms. The van der Waals surface area contributed by atoms with Gasteiger partial charge < -0.3 is 10.1 Å². The molecule has 1 N–H and O–H groups in total. The van der Waals surface area contributed by atoms with Crippen LogP contribution in [0.2, 0.25) is 5.02 Å². The zero-order valence-corrected chi connectivity index (χ0v) is 16.3. The monoisotopic (exact) mass is 395 g/mol. The second-order valence-electron chi connectivity index (χ2n) is 6.34. The molecule has 3 heterocycles. The highest BCUT2D eigenvalue weighted by Crippen LogP contribution is 2.32. The highest BCUT2D eigenvalue weighted by Gasteiger charge is 2.15. The summed E-state index contributed by atoms with van der Waals surface area (Å²) < 4.78 is 7.22. The Morgan fingerprint density at radius 1 is 1.18 bits per heavy atom. The number of ether oxygens (including phenoxy) is 1. The van der Waals surface area contributed by atoms with Crippen LogP contribution in [0.3, 0.4) is 0 Å². The number of fused-ring (bicyclic) bond motifs is 1. The van der Waals surface area contributed by atoms with Crippen molar-refractivity contribution in [3.63, 3.8) is 0 Å². The lowest BCUT2D eigenvalue weighted by Gasteiger charge is -2.16. The molecule has 0 aliphatic heterocycles. The van der Waals surface area contributed by atoms with E-state index in [2.05, 4.69) is 30.6 Å². The summed E-state index contributed by atoms with van der Waals surface area (Å²) in [5, 5.41) is 17.4. The minimum atomic E-state index is -0.0972. The number of rotatable bonds is 5. The van der Waals surface area contributed by atoms with E-state index in [4.69, 9.17) is 16.3 Å². The third-order valence-electron chi connectivity index (χ3n) is 4.34. The molecule has 1 aromatic carbocycles. The molecule has 0 aliphatic carbocycles. The van der Waals surface area contributed by atoms with Gasteiger partial charge in [0.15, 0.2) is 0 Å². The van der Waals surface area contributed by atoms with E-state index >= 15 is 0 Å². The standard InChI is InChI=1S/C19H18ClN7O/c1-11-4-5-16(26-25-11)12(2)24-19-15-6-14(27-9-13(20)8-23-27)7-17(28-3)18(15)21-10-22-19/h4-10,12H,1-3H3,(H,21,22,24)/t12-/m1/s1. The number of aryl methyl sites for hydroxylation is 1. The summed E-state index contributed by atoms with van der Waals surface area (Å²) in [6, 6.07) is 7.58. The Morgan fingerprint density at radius 3 is 2.71 bits per heavy atom. The third-order valence-corrected chi connectivity index (χ3v) is 4.53. The molecule has 4 rings (SSSR count). The first-order valence-electron chi connectivity index (χ1n) is 8.65. The maximum atomic E-state index is 6.02. The van der Waals surface area contributed by atoms with Crippen LogP contribution in [-0.2, 0) is 0 Å². The Kier molecular flexibility index (Phi) is 4.79. The number of benzene rings is 1. The first-order valence-corrected chi connectivity index (χ1v) is 9.03. The SMILES string of the molecule is COc1cc(-n2cc(Cl)cn2)cc2c(N[C@H](C)c3ccc(C)nn3)ncnc12. The third kappa shape index (κ3) is 3.46. The lowest BCUT2D eigenvalue weighted by atomic mass is 10.1. The highest BCUT2D eigenvalue weighted by atomic mass is 35.5. The van der Waals surface area contributed by atoms with Crippen molar-refractivity contribution in [2.24, 2.45) is 0 Å². The molecule has 8 nitrogen and oxygen atoms in total. The van der Waals surface area contributed by atoms with Gasteiger partial charge >= 0.3 is 0 Å². The van der Waals surface area contributed by atoms with E-state index in [-0.39, 0.29) is 6.04 Å². The van der Waals surface area contributed by atoms with Crippen molar-refractivity contribution in [1.29, 1.82) is 0 Å². The summed E-state index contributed by atoms with van der Waals surface area (Å²) >= 11 is 6.02. The summed E-state index contributed by atoms with van der Waals surface area (Å²) in [5.74, 6) is 1.28. The number of hydrogen-bond donors (Lipinski definition) is 1. The van der Waals surface area contributed by atoms with Gasteiger partial charge in [0.1, 0.15) is 23.4 Å². The van der Waals surface area contributed by atoms with Crippen molar-refractivity contribution < 1.29 is 4.74 Å². The number of halogens is 1. The van der Waals surface area contributed by atoms with E-state index < -0.39 is 0 Å². The Hall–Kier alpha value is -3.26. The summed E-state index contributed by atoms with van der Waals surface area (Å²) in [6.07, 6.45) is 4.81. The minimum Gasteiger partial charge on any atom is -0.494 e. The summed E-state index contributed by atoms with van der Waals surface area (Å²) in [5.41, 5.74) is 3.18. The van der Waals surface area contributed by atoms with E-state index in [1.54, 1.807) is 24.2 Å². The fraction of sp³-hybridized carbons (Fsp3) is 0.211. The summed E-state index contributed by atoms with van der Waals surface area (Å²) in [6.45, 7) is 3.91. The van der Waals surface area contributed by atoms with Crippen LogP contribution in [0.25, 0.3) is 16.6 Å². The highest BCUT2D eigenvalue weighted by molar-refractivity contribution is 6.30. The lowest BCUT2D eigenvalue weighted by Crippen LogP contribution is -2.11. The molecule has 1 atom stereocenters. The Labute approximate surface area is 166 Å². The number of nitrogens with zero attached hydrogens (tertiary/aromatic N) is 6. The van der Waals surface area contributed by atoms with Crippen LogP contribution in [0, 0.1) is 6.92 Å². The number of methoxy groups -OCH3 is 1. The second-order valence-corrected chi connectivity index (χ2v) is 6.77. The second kappa shape index (κ2) is 7.40. The molecular formula is C19H18ClN7O. The molecule has 0 spiro atoms. The molecule has 3 aromatic heterocycles. The van der Waals surface area contributed by atoms with Crippen molar-refractivity contribution in [3.8, 4) is 11.4 Å². The lowest BCUT2D eigenvalue weighted by molar-refractivity contribution is 0.418. The maximum absolute atomic E-state index is 6.02. The number of nitrogens with one attached hydrogen (secondary N) is 1. The van der Waals surface area contributed by atoms with E-state index in [1.807, 2.05) is 38.1 Å². The molecule has 0 saturated carbocycles. The predicted octanol–water partition coefficient (Wildman–Crippen LogP) is 3.75. The largest absolute Gasteiger partial charge is 0.494 e. The Morgan fingerprint density at radius 2 is 2.04 bits per heavy atom. The molecule has 142 valence electrons. The molecule has 0 amide bonds. The van der Waals surface area contributed by atoms with Crippen molar-refractivity contribution in [1.82, 2.24) is 29.9 Å². The van der Waals surface area contributed by atoms with Crippen LogP contribution in [0.15, 0.2) is 43.0 Å². The van der Waals surface area contributed by atoms with Gasteiger partial charge in [-0.15, -0.1) is 0 Å². The molecule has 0 unspecified atom stereocenters. The fourth-order valence-corrected chi connectivity index (χ4v) is 3.02. The van der Waals surface area contributed by atoms with E-state index in [1.165, 1.54) is 6.33 Å².